The Morgan fingerprint density at radius 3 is 3.00 bits per heavy atom. The average molecular weight is 370 g/mol. The predicted octanol–water partition coefficient (Wildman–Crippen LogP) is 4.72. The van der Waals surface area contributed by atoms with Gasteiger partial charge in [-0.3, -0.25) is 9.36 Å². The Morgan fingerprint density at radius 2 is 2.23 bits per heavy atom. The first kappa shape index (κ1) is 17.4. The second-order valence-corrected chi connectivity index (χ2v) is 8.41. The third-order valence-electron chi connectivity index (χ3n) is 5.20. The van der Waals surface area contributed by atoms with Crippen molar-refractivity contribution in [2.45, 2.75) is 52.5 Å². The third-order valence-corrected chi connectivity index (χ3v) is 6.35. The molecule has 0 amide bonds. The summed E-state index contributed by atoms with van der Waals surface area (Å²) in [5, 5.41) is 0.799. The van der Waals surface area contributed by atoms with Crippen LogP contribution in [0.25, 0.3) is 10.2 Å². The first-order valence-corrected chi connectivity index (χ1v) is 10.2. The number of hydrogen-bond donors (Lipinski definition) is 0. The van der Waals surface area contributed by atoms with Gasteiger partial charge in [0.1, 0.15) is 16.5 Å². The van der Waals surface area contributed by atoms with Gasteiger partial charge in [0, 0.05) is 11.3 Å². The fourth-order valence-electron chi connectivity index (χ4n) is 3.86. The Kier molecular flexibility index (Phi) is 4.65. The van der Waals surface area contributed by atoms with E-state index in [9.17, 15) is 9.18 Å². The van der Waals surface area contributed by atoms with Gasteiger partial charge in [0.25, 0.3) is 5.56 Å². The number of benzene rings is 1. The summed E-state index contributed by atoms with van der Waals surface area (Å²) >= 11 is 1.69. The van der Waals surface area contributed by atoms with E-state index in [1.54, 1.807) is 22.0 Å². The number of rotatable bonds is 4. The minimum Gasteiger partial charge on any atom is -0.292 e. The molecule has 1 atom stereocenters. The zero-order valence-electron chi connectivity index (χ0n) is 15.2. The lowest BCUT2D eigenvalue weighted by Gasteiger charge is -2.18. The summed E-state index contributed by atoms with van der Waals surface area (Å²) in [6, 6.07) is 6.48. The average Bonchev–Trinajstić information content (AvgIpc) is 2.96. The second-order valence-electron chi connectivity index (χ2n) is 7.33. The normalized spacial score (nSPS) is 16.8. The molecule has 2 heterocycles. The largest absolute Gasteiger partial charge is 0.292 e. The molecule has 136 valence electrons. The highest BCUT2D eigenvalue weighted by atomic mass is 32.1. The molecule has 0 radical (unpaired) electrons. The summed E-state index contributed by atoms with van der Waals surface area (Å²) in [6.07, 6.45) is 4.80. The van der Waals surface area contributed by atoms with E-state index in [0.29, 0.717) is 12.5 Å². The van der Waals surface area contributed by atoms with Crippen LogP contribution in [-0.2, 0) is 25.8 Å². The van der Waals surface area contributed by atoms with Gasteiger partial charge < -0.3 is 0 Å². The van der Waals surface area contributed by atoms with Crippen LogP contribution in [-0.4, -0.2) is 9.55 Å². The molecule has 1 unspecified atom stereocenters. The molecule has 3 nitrogen and oxygen atoms in total. The number of nitrogens with zero attached hydrogens (tertiary/aromatic N) is 2. The van der Waals surface area contributed by atoms with Gasteiger partial charge in [-0.1, -0.05) is 26.0 Å². The second kappa shape index (κ2) is 6.95. The lowest BCUT2D eigenvalue weighted by atomic mass is 9.89. The maximum atomic E-state index is 13.6. The van der Waals surface area contributed by atoms with Crippen LogP contribution < -0.4 is 5.56 Å². The van der Waals surface area contributed by atoms with Crippen molar-refractivity contribution in [3.8, 4) is 0 Å². The van der Waals surface area contributed by atoms with E-state index in [-0.39, 0.29) is 11.4 Å². The number of aromatic nitrogens is 2. The van der Waals surface area contributed by atoms with E-state index in [4.69, 9.17) is 4.98 Å². The van der Waals surface area contributed by atoms with Gasteiger partial charge >= 0.3 is 0 Å². The SMILES string of the molecule is CCCc1nc2sc3c(c2c(=O)n1Cc1cccc(F)c1)CCC(C)C3. The predicted molar refractivity (Wildman–Crippen MR) is 105 cm³/mol. The van der Waals surface area contributed by atoms with E-state index in [2.05, 4.69) is 13.8 Å². The Labute approximate surface area is 156 Å². The topological polar surface area (TPSA) is 34.9 Å². The van der Waals surface area contributed by atoms with Crippen LogP contribution in [0.5, 0.6) is 0 Å². The van der Waals surface area contributed by atoms with Crippen LogP contribution in [0.3, 0.4) is 0 Å². The van der Waals surface area contributed by atoms with Crippen molar-refractivity contribution in [1.29, 1.82) is 0 Å². The van der Waals surface area contributed by atoms with Crippen LogP contribution in [0.2, 0.25) is 0 Å². The van der Waals surface area contributed by atoms with E-state index >= 15 is 0 Å². The molecular formula is C21H23FN2OS. The van der Waals surface area contributed by atoms with Gasteiger partial charge in [-0.15, -0.1) is 11.3 Å². The molecule has 1 aliphatic carbocycles. The van der Waals surface area contributed by atoms with Crippen LogP contribution in [0.4, 0.5) is 4.39 Å². The summed E-state index contributed by atoms with van der Waals surface area (Å²) in [5.74, 6) is 1.20. The fourth-order valence-corrected chi connectivity index (χ4v) is 5.25. The zero-order valence-corrected chi connectivity index (χ0v) is 16.0. The number of halogens is 1. The molecule has 3 aromatic rings. The first-order valence-electron chi connectivity index (χ1n) is 9.35. The van der Waals surface area contributed by atoms with Crippen molar-refractivity contribution < 1.29 is 4.39 Å². The quantitative estimate of drug-likeness (QED) is 0.666. The smallest absolute Gasteiger partial charge is 0.262 e. The summed E-state index contributed by atoms with van der Waals surface area (Å²) < 4.78 is 15.3. The highest BCUT2D eigenvalue weighted by Crippen LogP contribution is 2.36. The van der Waals surface area contributed by atoms with E-state index in [1.807, 2.05) is 6.07 Å². The third kappa shape index (κ3) is 3.09. The Bertz CT molecular complexity index is 1020. The van der Waals surface area contributed by atoms with Crippen LogP contribution in [0, 0.1) is 11.7 Å². The molecule has 0 aliphatic heterocycles. The minimum atomic E-state index is -0.275. The molecule has 26 heavy (non-hydrogen) atoms. The van der Waals surface area contributed by atoms with Crippen LogP contribution >= 0.6 is 11.3 Å². The van der Waals surface area contributed by atoms with Crippen LogP contribution in [0.1, 0.15) is 48.5 Å². The van der Waals surface area contributed by atoms with Gasteiger partial charge in [0.15, 0.2) is 0 Å². The molecule has 4 rings (SSSR count). The summed E-state index contributed by atoms with van der Waals surface area (Å²) in [7, 11) is 0. The summed E-state index contributed by atoms with van der Waals surface area (Å²) in [5.41, 5.74) is 2.04. The molecule has 0 spiro atoms. The van der Waals surface area contributed by atoms with Gasteiger partial charge in [0.05, 0.1) is 11.9 Å². The number of aryl methyl sites for hydroxylation is 2. The molecule has 0 N–H and O–H groups in total. The number of thiophene rings is 1. The van der Waals surface area contributed by atoms with Crippen molar-refractivity contribution in [1.82, 2.24) is 9.55 Å². The molecule has 1 aliphatic rings. The van der Waals surface area contributed by atoms with Gasteiger partial charge in [-0.25, -0.2) is 9.37 Å². The van der Waals surface area contributed by atoms with E-state index < -0.39 is 0 Å². The standard InChI is InChI=1S/C21H23FN2OS/c1-3-5-18-23-20-19(16-9-8-13(2)10-17(16)26-20)21(25)24(18)12-14-6-4-7-15(22)11-14/h4,6-7,11,13H,3,5,8-10,12H2,1-2H3. The van der Waals surface area contributed by atoms with Crippen molar-refractivity contribution in [2.24, 2.45) is 5.92 Å². The molecule has 0 saturated heterocycles. The summed E-state index contributed by atoms with van der Waals surface area (Å²) in [6.45, 7) is 4.73. The lowest BCUT2D eigenvalue weighted by molar-refractivity contribution is 0.509. The summed E-state index contributed by atoms with van der Waals surface area (Å²) in [4.78, 5) is 20.4. The van der Waals surface area contributed by atoms with Gasteiger partial charge in [-0.05, 0) is 54.9 Å². The highest BCUT2D eigenvalue weighted by molar-refractivity contribution is 7.18. The molecule has 5 heteroatoms. The Morgan fingerprint density at radius 1 is 1.38 bits per heavy atom. The zero-order chi connectivity index (χ0) is 18.3. The molecule has 1 aromatic carbocycles. The molecule has 0 bridgehead atoms. The number of hydrogen-bond acceptors (Lipinski definition) is 3. The highest BCUT2D eigenvalue weighted by Gasteiger charge is 2.24. The van der Waals surface area contributed by atoms with Crippen molar-refractivity contribution in [3.63, 3.8) is 0 Å². The lowest BCUT2D eigenvalue weighted by Crippen LogP contribution is -2.26. The van der Waals surface area contributed by atoms with E-state index in [0.717, 1.165) is 53.7 Å². The maximum absolute atomic E-state index is 13.6. The fraction of sp³-hybridized carbons (Fsp3) is 0.429. The monoisotopic (exact) mass is 370 g/mol. The van der Waals surface area contributed by atoms with Crippen molar-refractivity contribution in [2.75, 3.05) is 0 Å². The maximum Gasteiger partial charge on any atom is 0.262 e. The Balaban J connectivity index is 1.88. The van der Waals surface area contributed by atoms with E-state index in [1.165, 1.54) is 22.6 Å². The van der Waals surface area contributed by atoms with Crippen molar-refractivity contribution >= 4 is 21.6 Å². The molecule has 0 fully saturated rings. The van der Waals surface area contributed by atoms with Gasteiger partial charge in [0.2, 0.25) is 0 Å². The number of fused-ring (bicyclic) bond motifs is 3. The first-order chi connectivity index (χ1) is 12.6. The van der Waals surface area contributed by atoms with Gasteiger partial charge in [-0.2, -0.15) is 0 Å². The molecular weight excluding hydrogens is 347 g/mol. The molecule has 0 saturated carbocycles. The Hall–Kier alpha value is -2.01. The molecule has 2 aromatic heterocycles. The van der Waals surface area contributed by atoms with Crippen molar-refractivity contribution in [3.05, 3.63) is 62.3 Å². The minimum absolute atomic E-state index is 0.0368. The van der Waals surface area contributed by atoms with Crippen LogP contribution in [0.15, 0.2) is 29.1 Å².